The van der Waals surface area contributed by atoms with Crippen LogP contribution in [0.25, 0.3) is 0 Å². The molecule has 0 fully saturated rings. The van der Waals surface area contributed by atoms with Crippen molar-refractivity contribution < 1.29 is 28.5 Å². The van der Waals surface area contributed by atoms with Gasteiger partial charge in [-0.1, -0.05) is 25.1 Å². The Morgan fingerprint density at radius 2 is 1.68 bits per heavy atom. The summed E-state index contributed by atoms with van der Waals surface area (Å²) in [6.45, 7) is 4.25. The quantitative estimate of drug-likeness (QED) is 0.320. The van der Waals surface area contributed by atoms with Crippen molar-refractivity contribution in [2.24, 2.45) is 0 Å². The van der Waals surface area contributed by atoms with E-state index in [-0.39, 0.29) is 11.7 Å². The van der Waals surface area contributed by atoms with E-state index in [2.05, 4.69) is 12.2 Å². The second-order valence-electron chi connectivity index (χ2n) is 9.24. The zero-order valence-electron chi connectivity index (χ0n) is 22.6. The third-order valence-corrected chi connectivity index (χ3v) is 7.90. The number of ketones is 1. The molecule has 1 N–H and O–H groups in total. The fraction of sp³-hybridized carbons (Fsp3) is 0.400. The Morgan fingerprint density at radius 1 is 0.974 bits per heavy atom. The lowest BCUT2D eigenvalue weighted by Gasteiger charge is -2.37. The van der Waals surface area contributed by atoms with Gasteiger partial charge in [-0.15, -0.1) is 0 Å². The number of nitrogens with one attached hydrogen (secondary N) is 1. The van der Waals surface area contributed by atoms with Crippen molar-refractivity contribution in [3.8, 4) is 17.2 Å². The van der Waals surface area contributed by atoms with Crippen molar-refractivity contribution >= 4 is 23.5 Å². The third-order valence-electron chi connectivity index (χ3n) is 7.04. The van der Waals surface area contributed by atoms with Crippen LogP contribution >= 0.6 is 11.8 Å². The number of dihydropyridines is 1. The summed E-state index contributed by atoms with van der Waals surface area (Å²) in [5.41, 5.74) is 4.46. The van der Waals surface area contributed by atoms with Gasteiger partial charge in [0, 0.05) is 35.1 Å². The number of hydrogen-bond acceptors (Lipinski definition) is 8. The van der Waals surface area contributed by atoms with Crippen LogP contribution in [-0.4, -0.2) is 51.2 Å². The van der Waals surface area contributed by atoms with Gasteiger partial charge in [0.25, 0.3) is 0 Å². The molecule has 2 aromatic rings. The molecule has 1 aliphatic heterocycles. The molecule has 2 aliphatic rings. The van der Waals surface area contributed by atoms with Gasteiger partial charge in [0.2, 0.25) is 0 Å². The number of ether oxygens (including phenoxy) is 4. The van der Waals surface area contributed by atoms with Crippen LogP contribution in [0.15, 0.2) is 65.0 Å². The van der Waals surface area contributed by atoms with Gasteiger partial charge in [-0.05, 0) is 60.4 Å². The summed E-state index contributed by atoms with van der Waals surface area (Å²) in [5, 5.41) is 3.41. The molecule has 0 radical (unpaired) electrons. The zero-order valence-corrected chi connectivity index (χ0v) is 23.4. The number of esters is 1. The van der Waals surface area contributed by atoms with E-state index in [1.165, 1.54) is 0 Å². The van der Waals surface area contributed by atoms with Crippen LogP contribution in [0.5, 0.6) is 17.2 Å². The van der Waals surface area contributed by atoms with Gasteiger partial charge in [-0.25, -0.2) is 4.79 Å². The molecule has 8 heteroatoms. The Hall–Kier alpha value is -3.39. The Balaban J connectivity index is 1.74. The lowest BCUT2D eigenvalue weighted by molar-refractivity contribution is -0.138. The molecule has 7 nitrogen and oxygen atoms in total. The highest BCUT2D eigenvalue weighted by Gasteiger charge is 2.41. The van der Waals surface area contributed by atoms with Crippen LogP contribution in [0.4, 0.5) is 0 Å². The third kappa shape index (κ3) is 5.70. The van der Waals surface area contributed by atoms with Crippen molar-refractivity contribution in [1.82, 2.24) is 5.32 Å². The number of carbonyl (C=O) groups excluding carboxylic acids is 2. The van der Waals surface area contributed by atoms with Gasteiger partial charge in [-0.3, -0.25) is 4.79 Å². The first kappa shape index (κ1) is 27.6. The second kappa shape index (κ2) is 12.4. The molecule has 202 valence electrons. The average molecular weight is 538 g/mol. The Kier molecular flexibility index (Phi) is 9.05. The van der Waals surface area contributed by atoms with Crippen LogP contribution in [-0.2, 0) is 14.3 Å². The smallest absolute Gasteiger partial charge is 0.336 e. The highest BCUT2D eigenvalue weighted by Crippen LogP contribution is 2.47. The van der Waals surface area contributed by atoms with Crippen LogP contribution in [0.2, 0.25) is 0 Å². The standard InChI is InChI=1S/C30H35NO6S/c1-6-38-14-13-37-30(33)27-18(2)31-23-15-21(19-7-10-22(34-3)11-8-19)16-24(32)29(23)28(27)20-9-12-25(35-4)26(17-20)36-5/h7-12,17,21,28,31H,6,13-16H2,1-5H3/t21-,28+/m0/s1. The molecule has 1 heterocycles. The lowest BCUT2D eigenvalue weighted by Crippen LogP contribution is -2.36. The number of allylic oxidation sites excluding steroid dienone is 3. The number of methoxy groups -OCH3 is 3. The van der Waals surface area contributed by atoms with Crippen LogP contribution < -0.4 is 19.5 Å². The number of benzene rings is 2. The van der Waals surface area contributed by atoms with Crippen molar-refractivity contribution in [2.45, 2.75) is 38.5 Å². The second-order valence-corrected chi connectivity index (χ2v) is 10.6. The lowest BCUT2D eigenvalue weighted by atomic mass is 9.71. The fourth-order valence-corrected chi connectivity index (χ4v) is 5.69. The van der Waals surface area contributed by atoms with E-state index in [1.54, 1.807) is 39.2 Å². The molecular formula is C30H35NO6S. The minimum Gasteiger partial charge on any atom is -0.497 e. The fourth-order valence-electron chi connectivity index (χ4n) is 5.20. The molecule has 4 rings (SSSR count). The molecule has 0 saturated heterocycles. The van der Waals surface area contributed by atoms with Crippen molar-refractivity contribution in [3.05, 3.63) is 76.1 Å². The number of carbonyl (C=O) groups is 2. The van der Waals surface area contributed by atoms with Gasteiger partial charge in [0.05, 0.1) is 26.9 Å². The normalized spacial score (nSPS) is 19.0. The minimum atomic E-state index is -0.568. The van der Waals surface area contributed by atoms with Gasteiger partial charge < -0.3 is 24.3 Å². The summed E-state index contributed by atoms with van der Waals surface area (Å²) < 4.78 is 21.9. The summed E-state index contributed by atoms with van der Waals surface area (Å²) in [4.78, 5) is 27.2. The maximum absolute atomic E-state index is 13.8. The monoisotopic (exact) mass is 537 g/mol. The average Bonchev–Trinajstić information content (AvgIpc) is 2.94. The van der Waals surface area contributed by atoms with Gasteiger partial charge in [0.15, 0.2) is 17.3 Å². The van der Waals surface area contributed by atoms with E-state index in [0.717, 1.165) is 34.1 Å². The number of rotatable bonds is 10. The molecule has 0 saturated carbocycles. The molecular weight excluding hydrogens is 502 g/mol. The summed E-state index contributed by atoms with van der Waals surface area (Å²) >= 11 is 1.71. The summed E-state index contributed by atoms with van der Waals surface area (Å²) in [7, 11) is 4.78. The summed E-state index contributed by atoms with van der Waals surface area (Å²) in [5.74, 6) is 2.63. The SMILES string of the molecule is CCSCCOC(=O)C1=C(C)NC2=C(C(=O)C[C@@H](c3ccc(OC)cc3)C2)[C@@H]1c1ccc(OC)c(OC)c1. The molecule has 0 spiro atoms. The molecule has 0 bridgehead atoms. The molecule has 0 aromatic heterocycles. The maximum Gasteiger partial charge on any atom is 0.336 e. The molecule has 1 aliphatic carbocycles. The Bertz CT molecular complexity index is 1250. The highest BCUT2D eigenvalue weighted by atomic mass is 32.2. The number of thioether (sulfide) groups is 1. The Morgan fingerprint density at radius 3 is 2.34 bits per heavy atom. The molecule has 0 amide bonds. The predicted octanol–water partition coefficient (Wildman–Crippen LogP) is 5.37. The van der Waals surface area contributed by atoms with E-state index in [9.17, 15) is 9.59 Å². The van der Waals surface area contributed by atoms with Crippen molar-refractivity contribution in [3.63, 3.8) is 0 Å². The predicted molar refractivity (Wildman–Crippen MR) is 149 cm³/mol. The van der Waals surface area contributed by atoms with E-state index in [1.807, 2.05) is 43.3 Å². The van der Waals surface area contributed by atoms with E-state index in [4.69, 9.17) is 18.9 Å². The first-order valence-corrected chi connectivity index (χ1v) is 13.9. The van der Waals surface area contributed by atoms with E-state index in [0.29, 0.717) is 47.8 Å². The minimum absolute atomic E-state index is 0.0127. The maximum atomic E-state index is 13.8. The van der Waals surface area contributed by atoms with Crippen LogP contribution in [0, 0.1) is 0 Å². The summed E-state index contributed by atoms with van der Waals surface area (Å²) in [6, 6.07) is 13.4. The highest BCUT2D eigenvalue weighted by molar-refractivity contribution is 7.99. The largest absolute Gasteiger partial charge is 0.497 e. The molecule has 0 unspecified atom stereocenters. The first-order chi connectivity index (χ1) is 18.4. The molecule has 2 atom stereocenters. The van der Waals surface area contributed by atoms with E-state index < -0.39 is 11.9 Å². The topological polar surface area (TPSA) is 83.1 Å². The van der Waals surface area contributed by atoms with Gasteiger partial charge >= 0.3 is 5.97 Å². The molecule has 38 heavy (non-hydrogen) atoms. The zero-order chi connectivity index (χ0) is 27.2. The van der Waals surface area contributed by atoms with Crippen molar-refractivity contribution in [1.29, 1.82) is 0 Å². The molecule has 2 aromatic carbocycles. The van der Waals surface area contributed by atoms with Crippen LogP contribution in [0.1, 0.15) is 49.7 Å². The van der Waals surface area contributed by atoms with E-state index >= 15 is 0 Å². The van der Waals surface area contributed by atoms with Gasteiger partial charge in [0.1, 0.15) is 12.4 Å². The van der Waals surface area contributed by atoms with Crippen LogP contribution in [0.3, 0.4) is 0 Å². The number of Topliss-reactive ketones (excluding diaryl/α,β-unsaturated/α-hetero) is 1. The summed E-state index contributed by atoms with van der Waals surface area (Å²) in [6.07, 6.45) is 1.01. The van der Waals surface area contributed by atoms with Crippen molar-refractivity contribution in [2.75, 3.05) is 39.4 Å². The Labute approximate surface area is 228 Å². The first-order valence-electron chi connectivity index (χ1n) is 12.8. The number of hydrogen-bond donors (Lipinski definition) is 1. The van der Waals surface area contributed by atoms with Gasteiger partial charge in [-0.2, -0.15) is 11.8 Å².